The van der Waals surface area contributed by atoms with Crippen molar-refractivity contribution in [2.24, 2.45) is 5.92 Å². The highest BCUT2D eigenvalue weighted by atomic mass is 19.4. The summed E-state index contributed by atoms with van der Waals surface area (Å²) in [4.78, 5) is 11.9. The Morgan fingerprint density at radius 3 is 2.54 bits per heavy atom. The van der Waals surface area contributed by atoms with E-state index in [1.807, 2.05) is 0 Å². The molecule has 0 radical (unpaired) electrons. The van der Waals surface area contributed by atoms with Crippen molar-refractivity contribution in [3.8, 4) is 5.75 Å². The molecule has 0 spiro atoms. The van der Waals surface area contributed by atoms with Crippen LogP contribution in [0.2, 0.25) is 0 Å². The lowest BCUT2D eigenvalue weighted by molar-refractivity contribution is -0.274. The average molecular weight is 343 g/mol. The number of aliphatic hydroxyl groups is 1. The number of hydrogen-bond donors (Lipinski definition) is 2. The largest absolute Gasteiger partial charge is 0.573 e. The SMILES string of the molecule is O=C(/C=C/c1ccccc1OC(F)(F)F)NC1CCC(CO)CC1. The minimum absolute atomic E-state index is 0.0339. The van der Waals surface area contributed by atoms with Crippen molar-refractivity contribution in [2.45, 2.75) is 38.1 Å². The van der Waals surface area contributed by atoms with E-state index in [4.69, 9.17) is 5.11 Å². The molecule has 1 aromatic carbocycles. The van der Waals surface area contributed by atoms with Crippen LogP contribution in [-0.2, 0) is 4.79 Å². The fraction of sp³-hybridized carbons (Fsp3) is 0.471. The van der Waals surface area contributed by atoms with Crippen LogP contribution in [-0.4, -0.2) is 30.0 Å². The first-order valence-electron chi connectivity index (χ1n) is 7.81. The molecule has 1 amide bonds. The normalized spacial score (nSPS) is 21.7. The molecule has 1 saturated carbocycles. The third-order valence-corrected chi connectivity index (χ3v) is 4.01. The Morgan fingerprint density at radius 1 is 1.25 bits per heavy atom. The number of ether oxygens (including phenoxy) is 1. The van der Waals surface area contributed by atoms with Crippen molar-refractivity contribution in [1.82, 2.24) is 5.32 Å². The van der Waals surface area contributed by atoms with E-state index in [0.717, 1.165) is 25.7 Å². The van der Waals surface area contributed by atoms with E-state index in [1.165, 1.54) is 30.4 Å². The van der Waals surface area contributed by atoms with Gasteiger partial charge in [0.15, 0.2) is 0 Å². The number of amides is 1. The molecule has 0 aromatic heterocycles. The predicted molar refractivity (Wildman–Crippen MR) is 83.1 cm³/mol. The van der Waals surface area contributed by atoms with Crippen molar-refractivity contribution in [2.75, 3.05) is 6.61 Å². The molecule has 0 aliphatic heterocycles. The first-order chi connectivity index (χ1) is 11.4. The smallest absolute Gasteiger partial charge is 0.405 e. The summed E-state index contributed by atoms with van der Waals surface area (Å²) in [6.07, 6.45) is 1.02. The summed E-state index contributed by atoms with van der Waals surface area (Å²) in [7, 11) is 0. The van der Waals surface area contributed by atoms with Gasteiger partial charge in [-0.2, -0.15) is 0 Å². The first-order valence-corrected chi connectivity index (χ1v) is 7.81. The van der Waals surface area contributed by atoms with Gasteiger partial charge in [-0.05, 0) is 43.7 Å². The maximum Gasteiger partial charge on any atom is 0.573 e. The van der Waals surface area contributed by atoms with Crippen LogP contribution in [0, 0.1) is 5.92 Å². The predicted octanol–water partition coefficient (Wildman–Crippen LogP) is 3.27. The fourth-order valence-electron chi connectivity index (χ4n) is 2.74. The Hall–Kier alpha value is -2.02. The number of aliphatic hydroxyl groups excluding tert-OH is 1. The summed E-state index contributed by atoms with van der Waals surface area (Å²) in [5.41, 5.74) is 0.175. The standard InChI is InChI=1S/C17H20F3NO3/c18-17(19,20)24-15-4-2-1-3-13(15)7-10-16(23)21-14-8-5-12(11-22)6-9-14/h1-4,7,10,12,14,22H,5-6,8-9,11H2,(H,21,23)/b10-7+. The molecule has 0 bridgehead atoms. The highest BCUT2D eigenvalue weighted by Crippen LogP contribution is 2.27. The number of benzene rings is 1. The lowest BCUT2D eigenvalue weighted by Crippen LogP contribution is -2.37. The van der Waals surface area contributed by atoms with Crippen LogP contribution in [0.1, 0.15) is 31.2 Å². The molecule has 4 nitrogen and oxygen atoms in total. The van der Waals surface area contributed by atoms with Gasteiger partial charge >= 0.3 is 6.36 Å². The minimum atomic E-state index is -4.78. The zero-order valence-corrected chi connectivity index (χ0v) is 13.1. The van der Waals surface area contributed by atoms with E-state index >= 15 is 0 Å². The second kappa shape index (κ2) is 8.19. The number of para-hydroxylation sites is 1. The Labute approximate surface area is 138 Å². The van der Waals surface area contributed by atoms with Gasteiger partial charge in [0.05, 0.1) is 0 Å². The van der Waals surface area contributed by atoms with Crippen LogP contribution in [0.25, 0.3) is 6.08 Å². The second-order valence-electron chi connectivity index (χ2n) is 5.83. The van der Waals surface area contributed by atoms with E-state index in [9.17, 15) is 18.0 Å². The zero-order chi connectivity index (χ0) is 17.6. The van der Waals surface area contributed by atoms with Gasteiger partial charge in [0, 0.05) is 24.3 Å². The van der Waals surface area contributed by atoms with Crippen LogP contribution in [0.3, 0.4) is 0 Å². The molecule has 7 heteroatoms. The van der Waals surface area contributed by atoms with E-state index in [2.05, 4.69) is 10.1 Å². The molecular formula is C17H20F3NO3. The van der Waals surface area contributed by atoms with Crippen molar-refractivity contribution in [3.63, 3.8) is 0 Å². The molecule has 2 rings (SSSR count). The number of carbonyl (C=O) groups excluding carboxylic acids is 1. The summed E-state index contributed by atoms with van der Waals surface area (Å²) in [5.74, 6) is -0.415. The van der Waals surface area contributed by atoms with Crippen molar-refractivity contribution in [3.05, 3.63) is 35.9 Å². The van der Waals surface area contributed by atoms with Gasteiger partial charge in [-0.15, -0.1) is 13.2 Å². The fourth-order valence-corrected chi connectivity index (χ4v) is 2.74. The Balaban J connectivity index is 1.92. The highest BCUT2D eigenvalue weighted by molar-refractivity contribution is 5.92. The van der Waals surface area contributed by atoms with E-state index in [0.29, 0.717) is 5.92 Å². The second-order valence-corrected chi connectivity index (χ2v) is 5.83. The van der Waals surface area contributed by atoms with E-state index < -0.39 is 6.36 Å². The maximum absolute atomic E-state index is 12.3. The molecule has 1 fully saturated rings. The minimum Gasteiger partial charge on any atom is -0.405 e. The van der Waals surface area contributed by atoms with Crippen molar-refractivity contribution < 1.29 is 27.8 Å². The van der Waals surface area contributed by atoms with Crippen molar-refractivity contribution >= 4 is 12.0 Å². The van der Waals surface area contributed by atoms with Crippen LogP contribution >= 0.6 is 0 Å². The number of hydrogen-bond acceptors (Lipinski definition) is 3. The molecule has 24 heavy (non-hydrogen) atoms. The van der Waals surface area contributed by atoms with Crippen LogP contribution in [0.4, 0.5) is 13.2 Å². The van der Waals surface area contributed by atoms with Gasteiger partial charge in [-0.3, -0.25) is 4.79 Å². The molecule has 0 unspecified atom stereocenters. The van der Waals surface area contributed by atoms with Crippen LogP contribution in [0.15, 0.2) is 30.3 Å². The summed E-state index contributed by atoms with van der Waals surface area (Å²) in [6.45, 7) is 0.163. The van der Waals surface area contributed by atoms with Gasteiger partial charge in [0.25, 0.3) is 0 Å². The number of rotatable bonds is 5. The number of nitrogens with one attached hydrogen (secondary N) is 1. The lowest BCUT2D eigenvalue weighted by Gasteiger charge is -2.27. The molecule has 0 atom stereocenters. The monoisotopic (exact) mass is 343 g/mol. The number of alkyl halides is 3. The quantitative estimate of drug-likeness (QED) is 0.807. The molecule has 1 aliphatic rings. The van der Waals surface area contributed by atoms with E-state index in [-0.39, 0.29) is 29.9 Å². The number of halogens is 3. The zero-order valence-electron chi connectivity index (χ0n) is 13.1. The maximum atomic E-state index is 12.3. The van der Waals surface area contributed by atoms with Crippen molar-refractivity contribution in [1.29, 1.82) is 0 Å². The van der Waals surface area contributed by atoms with Gasteiger partial charge in [0.2, 0.25) is 5.91 Å². The highest BCUT2D eigenvalue weighted by Gasteiger charge is 2.31. The molecule has 1 aromatic rings. The summed E-state index contributed by atoms with van der Waals surface area (Å²) < 4.78 is 41.0. The van der Waals surface area contributed by atoms with E-state index in [1.54, 1.807) is 6.07 Å². The third-order valence-electron chi connectivity index (χ3n) is 4.01. The van der Waals surface area contributed by atoms with Gasteiger partial charge in [-0.25, -0.2) is 0 Å². The molecule has 0 heterocycles. The third kappa shape index (κ3) is 5.88. The molecule has 132 valence electrons. The first kappa shape index (κ1) is 18.3. The number of carbonyl (C=O) groups is 1. The average Bonchev–Trinajstić information content (AvgIpc) is 2.53. The molecule has 0 saturated heterocycles. The molecule has 1 aliphatic carbocycles. The van der Waals surface area contributed by atoms with Crippen LogP contribution < -0.4 is 10.1 Å². The van der Waals surface area contributed by atoms with Crippen LogP contribution in [0.5, 0.6) is 5.75 Å². The summed E-state index contributed by atoms with van der Waals surface area (Å²) >= 11 is 0. The Kier molecular flexibility index (Phi) is 6.25. The summed E-state index contributed by atoms with van der Waals surface area (Å²) in [5, 5.41) is 11.9. The van der Waals surface area contributed by atoms with Gasteiger partial charge < -0.3 is 15.2 Å². The molecule has 2 N–H and O–H groups in total. The molecular weight excluding hydrogens is 323 g/mol. The van der Waals surface area contributed by atoms with Gasteiger partial charge in [-0.1, -0.05) is 18.2 Å². The summed E-state index contributed by atoms with van der Waals surface area (Å²) in [6, 6.07) is 5.67. The topological polar surface area (TPSA) is 58.6 Å². The van der Waals surface area contributed by atoms with Gasteiger partial charge in [0.1, 0.15) is 5.75 Å². The Bertz CT molecular complexity index is 579. The Morgan fingerprint density at radius 2 is 1.92 bits per heavy atom. The lowest BCUT2D eigenvalue weighted by atomic mass is 9.86.